The predicted molar refractivity (Wildman–Crippen MR) is 122 cm³/mol. The number of nitrogens with one attached hydrogen (secondary N) is 1. The van der Waals surface area contributed by atoms with Crippen molar-refractivity contribution in [2.24, 2.45) is 0 Å². The summed E-state index contributed by atoms with van der Waals surface area (Å²) in [5.41, 5.74) is 1.77. The van der Waals surface area contributed by atoms with Crippen LogP contribution in [0, 0.1) is 17.1 Å². The Morgan fingerprint density at radius 3 is 2.36 bits per heavy atom. The van der Waals surface area contributed by atoms with Crippen molar-refractivity contribution in [2.45, 2.75) is 13.5 Å². The van der Waals surface area contributed by atoms with Crippen LogP contribution in [0.25, 0.3) is 6.08 Å². The van der Waals surface area contributed by atoms with Gasteiger partial charge in [0.05, 0.1) is 12.2 Å². The molecule has 0 saturated heterocycles. The summed E-state index contributed by atoms with van der Waals surface area (Å²) in [6, 6.07) is 21.2. The molecule has 3 rings (SSSR count). The molecule has 0 aliphatic rings. The monoisotopic (exact) mass is 444 g/mol. The molecule has 0 radical (unpaired) electrons. The van der Waals surface area contributed by atoms with E-state index in [2.05, 4.69) is 5.32 Å². The molecule has 7 heteroatoms. The van der Waals surface area contributed by atoms with Gasteiger partial charge in [-0.15, -0.1) is 0 Å². The molecule has 0 aliphatic heterocycles. The molecule has 3 aromatic carbocycles. The second-order valence-electron chi connectivity index (χ2n) is 6.87. The van der Waals surface area contributed by atoms with Gasteiger partial charge in [-0.3, -0.25) is 4.79 Å². The van der Waals surface area contributed by atoms with Crippen LogP contribution in [0.3, 0.4) is 0 Å². The maximum absolute atomic E-state index is 13.7. The number of carbonyl (C=O) groups excluding carboxylic acids is 2. The number of amides is 1. The smallest absolute Gasteiger partial charge is 0.338 e. The van der Waals surface area contributed by atoms with E-state index in [1.165, 1.54) is 24.3 Å². The largest absolute Gasteiger partial charge is 0.489 e. The number of hydrogen-bond acceptors (Lipinski definition) is 5. The van der Waals surface area contributed by atoms with Crippen LogP contribution in [0.5, 0.6) is 5.75 Å². The van der Waals surface area contributed by atoms with Gasteiger partial charge in [0.25, 0.3) is 5.91 Å². The van der Waals surface area contributed by atoms with Crippen molar-refractivity contribution < 1.29 is 23.5 Å². The van der Waals surface area contributed by atoms with Gasteiger partial charge in [-0.05, 0) is 61.0 Å². The lowest BCUT2D eigenvalue weighted by molar-refractivity contribution is -0.112. The van der Waals surface area contributed by atoms with E-state index in [1.54, 1.807) is 61.5 Å². The first kappa shape index (κ1) is 23.2. The van der Waals surface area contributed by atoms with Crippen molar-refractivity contribution in [3.63, 3.8) is 0 Å². The fourth-order valence-electron chi connectivity index (χ4n) is 2.85. The van der Waals surface area contributed by atoms with E-state index in [4.69, 9.17) is 9.47 Å². The van der Waals surface area contributed by atoms with Gasteiger partial charge < -0.3 is 14.8 Å². The van der Waals surface area contributed by atoms with Gasteiger partial charge in [0.1, 0.15) is 29.8 Å². The molecule has 166 valence electrons. The van der Waals surface area contributed by atoms with Crippen molar-refractivity contribution >= 4 is 23.6 Å². The predicted octanol–water partition coefficient (Wildman–Crippen LogP) is 5.13. The average Bonchev–Trinajstić information content (AvgIpc) is 2.83. The van der Waals surface area contributed by atoms with E-state index in [-0.39, 0.29) is 24.6 Å². The zero-order valence-corrected chi connectivity index (χ0v) is 17.9. The summed E-state index contributed by atoms with van der Waals surface area (Å²) in [5.74, 6) is -0.840. The van der Waals surface area contributed by atoms with Crippen LogP contribution in [-0.4, -0.2) is 18.5 Å². The summed E-state index contributed by atoms with van der Waals surface area (Å²) in [4.78, 5) is 24.2. The summed E-state index contributed by atoms with van der Waals surface area (Å²) >= 11 is 0. The van der Waals surface area contributed by atoms with Gasteiger partial charge >= 0.3 is 5.97 Å². The minimum absolute atomic E-state index is 0.0860. The van der Waals surface area contributed by atoms with Crippen molar-refractivity contribution in [3.05, 3.63) is 101 Å². The fraction of sp³-hybridized carbons (Fsp3) is 0.115. The number of hydrogen-bond donors (Lipinski definition) is 1. The van der Waals surface area contributed by atoms with Crippen molar-refractivity contribution in [1.29, 1.82) is 5.26 Å². The van der Waals surface area contributed by atoms with Gasteiger partial charge in [-0.2, -0.15) is 5.26 Å². The van der Waals surface area contributed by atoms with E-state index < -0.39 is 11.9 Å². The van der Waals surface area contributed by atoms with Crippen LogP contribution in [-0.2, 0) is 16.1 Å². The summed E-state index contributed by atoms with van der Waals surface area (Å²) in [6.45, 7) is 2.07. The molecular formula is C26H21FN2O4. The molecule has 0 heterocycles. The highest BCUT2D eigenvalue weighted by atomic mass is 19.1. The fourth-order valence-corrected chi connectivity index (χ4v) is 2.85. The number of esters is 1. The lowest BCUT2D eigenvalue weighted by Crippen LogP contribution is -2.13. The molecule has 0 aliphatic carbocycles. The van der Waals surface area contributed by atoms with Crippen molar-refractivity contribution in [3.8, 4) is 11.8 Å². The molecule has 0 saturated carbocycles. The summed E-state index contributed by atoms with van der Waals surface area (Å²) in [7, 11) is 0. The van der Waals surface area contributed by atoms with Crippen LogP contribution in [0.15, 0.2) is 78.4 Å². The standard InChI is InChI=1S/C26H21FN2O4/c1-2-32-26(31)19-9-11-22(12-10-19)29-25(30)21(16-28)15-18-7-13-23(14-8-18)33-17-20-5-3-4-6-24(20)27/h3-15H,2,17H2,1H3,(H,29,30)/b21-15-. The van der Waals surface area contributed by atoms with E-state index in [1.807, 2.05) is 6.07 Å². The Bertz CT molecular complexity index is 1200. The molecular weight excluding hydrogens is 423 g/mol. The lowest BCUT2D eigenvalue weighted by Gasteiger charge is -2.08. The second-order valence-corrected chi connectivity index (χ2v) is 6.87. The minimum atomic E-state index is -0.582. The number of anilines is 1. The molecule has 0 atom stereocenters. The van der Waals surface area contributed by atoms with E-state index in [0.717, 1.165) is 0 Å². The molecule has 0 fully saturated rings. The minimum Gasteiger partial charge on any atom is -0.489 e. The first-order valence-corrected chi connectivity index (χ1v) is 10.2. The normalized spacial score (nSPS) is 10.8. The Morgan fingerprint density at radius 2 is 1.73 bits per heavy atom. The SMILES string of the molecule is CCOC(=O)c1ccc(NC(=O)/C(C#N)=C\c2ccc(OCc3ccccc3F)cc2)cc1. The Labute approximate surface area is 190 Å². The molecule has 1 amide bonds. The van der Waals surface area contributed by atoms with Gasteiger partial charge in [-0.1, -0.05) is 30.3 Å². The highest BCUT2D eigenvalue weighted by Crippen LogP contribution is 2.18. The number of halogens is 1. The maximum Gasteiger partial charge on any atom is 0.338 e. The van der Waals surface area contributed by atoms with E-state index in [9.17, 15) is 19.2 Å². The summed E-state index contributed by atoms with van der Waals surface area (Å²) in [6.07, 6.45) is 1.45. The van der Waals surface area contributed by atoms with Gasteiger partial charge in [0, 0.05) is 11.3 Å². The first-order chi connectivity index (χ1) is 16.0. The van der Waals surface area contributed by atoms with Crippen molar-refractivity contribution in [2.75, 3.05) is 11.9 Å². The summed E-state index contributed by atoms with van der Waals surface area (Å²) in [5, 5.41) is 12.0. The zero-order chi connectivity index (χ0) is 23.6. The quantitative estimate of drug-likeness (QED) is 0.296. The second kappa shape index (κ2) is 11.3. The summed E-state index contributed by atoms with van der Waals surface area (Å²) < 4.78 is 24.2. The third kappa shape index (κ3) is 6.52. The van der Waals surface area contributed by atoms with Gasteiger partial charge in [-0.25, -0.2) is 9.18 Å². The average molecular weight is 444 g/mol. The number of rotatable bonds is 8. The Morgan fingerprint density at radius 1 is 1.03 bits per heavy atom. The van der Waals surface area contributed by atoms with Crippen LogP contribution in [0.2, 0.25) is 0 Å². The molecule has 0 aromatic heterocycles. The number of nitriles is 1. The molecule has 3 aromatic rings. The van der Waals surface area contributed by atoms with Gasteiger partial charge in [0.15, 0.2) is 0 Å². The van der Waals surface area contributed by atoms with Crippen LogP contribution >= 0.6 is 0 Å². The Kier molecular flexibility index (Phi) is 7.92. The third-order valence-electron chi connectivity index (χ3n) is 4.56. The van der Waals surface area contributed by atoms with E-state index >= 15 is 0 Å². The third-order valence-corrected chi connectivity index (χ3v) is 4.56. The highest BCUT2D eigenvalue weighted by molar-refractivity contribution is 6.09. The van der Waals surface area contributed by atoms with Crippen molar-refractivity contribution in [1.82, 2.24) is 0 Å². The van der Waals surface area contributed by atoms with Crippen LogP contribution in [0.1, 0.15) is 28.4 Å². The molecule has 0 spiro atoms. The number of nitrogens with zero attached hydrogens (tertiary/aromatic N) is 1. The van der Waals surface area contributed by atoms with Gasteiger partial charge in [0.2, 0.25) is 0 Å². The lowest BCUT2D eigenvalue weighted by atomic mass is 10.1. The molecule has 6 nitrogen and oxygen atoms in total. The molecule has 33 heavy (non-hydrogen) atoms. The molecule has 1 N–H and O–H groups in total. The molecule has 0 unspecified atom stereocenters. The Hall–Kier alpha value is -4.44. The Balaban J connectivity index is 1.62. The molecule has 0 bridgehead atoms. The van der Waals surface area contributed by atoms with E-state index in [0.29, 0.717) is 28.1 Å². The van der Waals surface area contributed by atoms with Crippen LogP contribution in [0.4, 0.5) is 10.1 Å². The number of benzene rings is 3. The first-order valence-electron chi connectivity index (χ1n) is 10.2. The highest BCUT2D eigenvalue weighted by Gasteiger charge is 2.11. The topological polar surface area (TPSA) is 88.4 Å². The maximum atomic E-state index is 13.7. The van der Waals surface area contributed by atoms with Crippen LogP contribution < -0.4 is 10.1 Å². The number of carbonyl (C=O) groups is 2. The number of ether oxygens (including phenoxy) is 2. The zero-order valence-electron chi connectivity index (χ0n) is 17.9.